The van der Waals surface area contributed by atoms with Crippen molar-refractivity contribution in [2.24, 2.45) is 5.92 Å². The Balaban J connectivity index is 1.92. The maximum atomic E-state index is 10.5. The van der Waals surface area contributed by atoms with Gasteiger partial charge in [0.1, 0.15) is 0 Å². The third-order valence-electron chi connectivity index (χ3n) is 2.55. The fraction of sp³-hybridized carbons (Fsp3) is 0.600. The molecule has 1 saturated heterocycles. The van der Waals surface area contributed by atoms with Crippen molar-refractivity contribution in [1.29, 1.82) is 0 Å². The van der Waals surface area contributed by atoms with Crippen molar-refractivity contribution in [3.05, 3.63) is 16.1 Å². The normalized spacial score (nSPS) is 22.1. The van der Waals surface area contributed by atoms with Crippen molar-refractivity contribution in [2.75, 3.05) is 13.1 Å². The summed E-state index contributed by atoms with van der Waals surface area (Å²) in [6.07, 6.45) is 6.11. The lowest BCUT2D eigenvalue weighted by molar-refractivity contribution is 0.112. The lowest BCUT2D eigenvalue weighted by Gasteiger charge is -2.21. The second kappa shape index (κ2) is 4.66. The van der Waals surface area contributed by atoms with Gasteiger partial charge in [0.15, 0.2) is 6.29 Å². The minimum absolute atomic E-state index is 0.703. The summed E-state index contributed by atoms with van der Waals surface area (Å²) in [5.74, 6) is 0.703. The molecule has 1 atom stereocenters. The topological polar surface area (TPSA) is 42.0 Å². The number of piperidine rings is 1. The Labute approximate surface area is 87.6 Å². The summed E-state index contributed by atoms with van der Waals surface area (Å²) in [5.41, 5.74) is 0. The average molecular weight is 210 g/mol. The van der Waals surface area contributed by atoms with Gasteiger partial charge in [-0.1, -0.05) is 0 Å². The molecule has 1 aliphatic heterocycles. The summed E-state index contributed by atoms with van der Waals surface area (Å²) < 4.78 is 0. The summed E-state index contributed by atoms with van der Waals surface area (Å²) in [7, 11) is 0. The van der Waals surface area contributed by atoms with E-state index in [1.165, 1.54) is 24.2 Å². The van der Waals surface area contributed by atoms with Crippen LogP contribution in [-0.4, -0.2) is 24.4 Å². The number of hydrogen-bond donors (Lipinski definition) is 1. The molecule has 1 aromatic heterocycles. The van der Waals surface area contributed by atoms with Gasteiger partial charge in [0.25, 0.3) is 0 Å². The molecule has 1 unspecified atom stereocenters. The van der Waals surface area contributed by atoms with Crippen LogP contribution in [0.2, 0.25) is 0 Å². The van der Waals surface area contributed by atoms with Crippen molar-refractivity contribution in [3.63, 3.8) is 0 Å². The Kier molecular flexibility index (Phi) is 3.26. The van der Waals surface area contributed by atoms with Gasteiger partial charge in [-0.2, -0.15) is 0 Å². The van der Waals surface area contributed by atoms with E-state index in [1.807, 2.05) is 0 Å². The molecule has 0 bridgehead atoms. The number of hydrogen-bond acceptors (Lipinski definition) is 4. The maximum absolute atomic E-state index is 10.5. The molecular formula is C10H14N2OS. The molecule has 1 aromatic rings. The molecule has 0 saturated carbocycles. The van der Waals surface area contributed by atoms with Crippen LogP contribution in [0.25, 0.3) is 0 Å². The summed E-state index contributed by atoms with van der Waals surface area (Å²) in [4.78, 5) is 15.5. The highest BCUT2D eigenvalue weighted by molar-refractivity contribution is 7.13. The SMILES string of the molecule is O=Cc1cnc(CC2CCCNC2)s1. The van der Waals surface area contributed by atoms with Crippen LogP contribution in [0.4, 0.5) is 0 Å². The van der Waals surface area contributed by atoms with E-state index in [9.17, 15) is 4.79 Å². The van der Waals surface area contributed by atoms with E-state index in [4.69, 9.17) is 0 Å². The minimum Gasteiger partial charge on any atom is -0.316 e. The largest absolute Gasteiger partial charge is 0.316 e. The smallest absolute Gasteiger partial charge is 0.161 e. The summed E-state index contributed by atoms with van der Waals surface area (Å²) in [5, 5.41) is 4.48. The van der Waals surface area contributed by atoms with Gasteiger partial charge >= 0.3 is 0 Å². The van der Waals surface area contributed by atoms with Crippen LogP contribution in [0.1, 0.15) is 27.5 Å². The molecule has 1 N–H and O–H groups in total. The first-order valence-corrected chi connectivity index (χ1v) is 5.81. The third kappa shape index (κ3) is 2.39. The van der Waals surface area contributed by atoms with Gasteiger partial charge in [0, 0.05) is 12.6 Å². The second-order valence-corrected chi connectivity index (χ2v) is 4.84. The molecule has 0 aliphatic carbocycles. The van der Waals surface area contributed by atoms with E-state index in [-0.39, 0.29) is 0 Å². The van der Waals surface area contributed by atoms with E-state index >= 15 is 0 Å². The van der Waals surface area contributed by atoms with Crippen LogP contribution in [-0.2, 0) is 6.42 Å². The van der Waals surface area contributed by atoms with Crippen LogP contribution in [0, 0.1) is 5.92 Å². The highest BCUT2D eigenvalue weighted by atomic mass is 32.1. The van der Waals surface area contributed by atoms with Gasteiger partial charge in [-0.3, -0.25) is 4.79 Å². The molecule has 2 rings (SSSR count). The van der Waals surface area contributed by atoms with E-state index < -0.39 is 0 Å². The van der Waals surface area contributed by atoms with Gasteiger partial charge in [0.2, 0.25) is 0 Å². The molecule has 0 amide bonds. The first-order valence-electron chi connectivity index (χ1n) is 4.99. The molecular weight excluding hydrogens is 196 g/mol. The minimum atomic E-state index is 0.703. The summed E-state index contributed by atoms with van der Waals surface area (Å²) in [6, 6.07) is 0. The molecule has 1 fully saturated rings. The summed E-state index contributed by atoms with van der Waals surface area (Å²) in [6.45, 7) is 2.24. The number of rotatable bonds is 3. The van der Waals surface area contributed by atoms with Crippen molar-refractivity contribution >= 4 is 17.6 Å². The molecule has 0 radical (unpaired) electrons. The fourth-order valence-electron chi connectivity index (χ4n) is 1.82. The monoisotopic (exact) mass is 210 g/mol. The van der Waals surface area contributed by atoms with Crippen molar-refractivity contribution in [1.82, 2.24) is 10.3 Å². The molecule has 0 spiro atoms. The summed E-state index contributed by atoms with van der Waals surface area (Å²) >= 11 is 1.52. The van der Waals surface area contributed by atoms with E-state index in [0.717, 1.165) is 35.7 Å². The Bertz CT molecular complexity index is 305. The van der Waals surface area contributed by atoms with Crippen LogP contribution in [0.15, 0.2) is 6.20 Å². The zero-order valence-electron chi connectivity index (χ0n) is 8.03. The molecule has 2 heterocycles. The molecule has 1 aliphatic rings. The van der Waals surface area contributed by atoms with Crippen molar-refractivity contribution in [3.8, 4) is 0 Å². The number of nitrogens with zero attached hydrogens (tertiary/aromatic N) is 1. The number of aromatic nitrogens is 1. The average Bonchev–Trinajstić information content (AvgIpc) is 2.67. The first kappa shape index (κ1) is 9.80. The quantitative estimate of drug-likeness (QED) is 0.769. The number of carbonyl (C=O) groups excluding carboxylic acids is 1. The van der Waals surface area contributed by atoms with E-state index in [2.05, 4.69) is 10.3 Å². The Hall–Kier alpha value is -0.740. The molecule has 3 nitrogen and oxygen atoms in total. The maximum Gasteiger partial charge on any atom is 0.161 e. The van der Waals surface area contributed by atoms with E-state index in [0.29, 0.717) is 5.92 Å². The number of aldehydes is 1. The lowest BCUT2D eigenvalue weighted by atomic mass is 9.97. The fourth-order valence-corrected chi connectivity index (χ4v) is 2.67. The zero-order chi connectivity index (χ0) is 9.80. The third-order valence-corrected chi connectivity index (χ3v) is 3.49. The van der Waals surface area contributed by atoms with Gasteiger partial charge < -0.3 is 5.32 Å². The molecule has 14 heavy (non-hydrogen) atoms. The standard InChI is InChI=1S/C10H14N2OS/c13-7-9-6-12-10(14-9)4-8-2-1-3-11-5-8/h6-8,11H,1-5H2. The van der Waals surface area contributed by atoms with Crippen molar-refractivity contribution < 1.29 is 4.79 Å². The second-order valence-electron chi connectivity index (χ2n) is 3.69. The Morgan fingerprint density at radius 1 is 1.71 bits per heavy atom. The molecule has 76 valence electrons. The van der Waals surface area contributed by atoms with Crippen LogP contribution in [0.5, 0.6) is 0 Å². The Morgan fingerprint density at radius 3 is 3.29 bits per heavy atom. The number of carbonyl (C=O) groups is 1. The van der Waals surface area contributed by atoms with Gasteiger partial charge in [-0.15, -0.1) is 11.3 Å². The first-order chi connectivity index (χ1) is 6.88. The predicted octanol–water partition coefficient (Wildman–Crippen LogP) is 1.50. The van der Waals surface area contributed by atoms with Gasteiger partial charge in [-0.05, 0) is 31.8 Å². The van der Waals surface area contributed by atoms with E-state index in [1.54, 1.807) is 6.20 Å². The lowest BCUT2D eigenvalue weighted by Crippen LogP contribution is -2.30. The molecule has 4 heteroatoms. The zero-order valence-corrected chi connectivity index (χ0v) is 8.85. The van der Waals surface area contributed by atoms with Crippen LogP contribution < -0.4 is 5.32 Å². The number of thiazole rings is 1. The van der Waals surface area contributed by atoms with Crippen LogP contribution in [0.3, 0.4) is 0 Å². The highest BCUT2D eigenvalue weighted by Crippen LogP contribution is 2.19. The predicted molar refractivity (Wildman–Crippen MR) is 56.8 cm³/mol. The van der Waals surface area contributed by atoms with Gasteiger partial charge in [0.05, 0.1) is 9.88 Å². The Morgan fingerprint density at radius 2 is 2.64 bits per heavy atom. The van der Waals surface area contributed by atoms with Crippen LogP contribution >= 0.6 is 11.3 Å². The number of nitrogens with one attached hydrogen (secondary N) is 1. The highest BCUT2D eigenvalue weighted by Gasteiger charge is 2.15. The molecule has 0 aromatic carbocycles. The van der Waals surface area contributed by atoms with Crippen molar-refractivity contribution in [2.45, 2.75) is 19.3 Å². The van der Waals surface area contributed by atoms with Gasteiger partial charge in [-0.25, -0.2) is 4.98 Å².